The minimum Gasteiger partial charge on any atom is -0.469 e. The Kier molecular flexibility index (Phi) is 6.62. The van der Waals surface area contributed by atoms with E-state index in [1.54, 1.807) is 19.1 Å². The zero-order valence-electron chi connectivity index (χ0n) is 14.3. The molecule has 0 aromatic carbocycles. The van der Waals surface area contributed by atoms with Crippen molar-refractivity contribution in [2.75, 3.05) is 13.2 Å². The second kappa shape index (κ2) is 8.91. The van der Waals surface area contributed by atoms with Gasteiger partial charge in [-0.05, 0) is 25.5 Å². The third kappa shape index (κ3) is 5.10. The topological polar surface area (TPSA) is 107 Å². The quantitative estimate of drug-likeness (QED) is 0.691. The van der Waals surface area contributed by atoms with Crippen molar-refractivity contribution in [3.05, 3.63) is 35.4 Å². The Morgan fingerprint density at radius 3 is 2.72 bits per heavy atom. The lowest BCUT2D eigenvalue weighted by Gasteiger charge is -2.28. The number of hydrogen-bond donors (Lipinski definition) is 2. The maximum absolute atomic E-state index is 12.2. The first-order valence-corrected chi connectivity index (χ1v) is 8.20. The number of furan rings is 1. The smallest absolute Gasteiger partial charge is 0.338 e. The van der Waals surface area contributed by atoms with Crippen molar-refractivity contribution in [2.24, 2.45) is 0 Å². The van der Waals surface area contributed by atoms with Crippen LogP contribution in [0.4, 0.5) is 4.79 Å². The Morgan fingerprint density at radius 1 is 1.28 bits per heavy atom. The van der Waals surface area contributed by atoms with Crippen LogP contribution in [0.5, 0.6) is 0 Å². The molecule has 2 amide bonds. The fourth-order valence-corrected chi connectivity index (χ4v) is 2.48. The van der Waals surface area contributed by atoms with Gasteiger partial charge in [-0.3, -0.25) is 4.79 Å². The summed E-state index contributed by atoms with van der Waals surface area (Å²) in [7, 11) is 0. The van der Waals surface area contributed by atoms with Crippen LogP contribution >= 0.6 is 0 Å². The summed E-state index contributed by atoms with van der Waals surface area (Å²) in [4.78, 5) is 35.8. The van der Waals surface area contributed by atoms with Gasteiger partial charge in [0.2, 0.25) is 0 Å². The third-order valence-electron chi connectivity index (χ3n) is 3.68. The van der Waals surface area contributed by atoms with Gasteiger partial charge in [0.05, 0.1) is 36.6 Å². The van der Waals surface area contributed by atoms with Gasteiger partial charge < -0.3 is 24.5 Å². The van der Waals surface area contributed by atoms with Gasteiger partial charge in [-0.1, -0.05) is 6.92 Å². The normalized spacial score (nSPS) is 16.9. The van der Waals surface area contributed by atoms with E-state index >= 15 is 0 Å². The van der Waals surface area contributed by atoms with Crippen molar-refractivity contribution in [3.8, 4) is 0 Å². The molecule has 0 saturated heterocycles. The zero-order chi connectivity index (χ0) is 18.2. The lowest BCUT2D eigenvalue weighted by Crippen LogP contribution is -2.51. The number of urea groups is 1. The molecule has 25 heavy (non-hydrogen) atoms. The van der Waals surface area contributed by atoms with Gasteiger partial charge >= 0.3 is 18.0 Å². The molecule has 8 nitrogen and oxygen atoms in total. The molecule has 0 unspecified atom stereocenters. The van der Waals surface area contributed by atoms with E-state index in [9.17, 15) is 14.4 Å². The molecule has 1 aliphatic rings. The van der Waals surface area contributed by atoms with Crippen molar-refractivity contribution in [3.63, 3.8) is 0 Å². The first-order chi connectivity index (χ1) is 12.0. The van der Waals surface area contributed by atoms with E-state index < -0.39 is 24.0 Å². The minimum absolute atomic E-state index is 0.138. The Balaban J connectivity index is 2.02. The van der Waals surface area contributed by atoms with Gasteiger partial charge in [0.15, 0.2) is 0 Å². The molecular weight excluding hydrogens is 328 g/mol. The average molecular weight is 350 g/mol. The Hall–Kier alpha value is -2.77. The number of esters is 2. The van der Waals surface area contributed by atoms with Crippen LogP contribution in [0.2, 0.25) is 0 Å². The van der Waals surface area contributed by atoms with E-state index in [1.807, 2.05) is 6.92 Å². The van der Waals surface area contributed by atoms with E-state index in [0.717, 1.165) is 0 Å². The predicted octanol–water partition coefficient (Wildman–Crippen LogP) is 1.66. The summed E-state index contributed by atoms with van der Waals surface area (Å²) in [5.41, 5.74) is 0.531. The van der Waals surface area contributed by atoms with Gasteiger partial charge in [0.25, 0.3) is 0 Å². The first kappa shape index (κ1) is 18.6. The molecule has 0 saturated carbocycles. The summed E-state index contributed by atoms with van der Waals surface area (Å²) in [5, 5.41) is 5.18. The Bertz CT molecular complexity index is 650. The molecule has 0 radical (unpaired) electrons. The second-order valence-corrected chi connectivity index (χ2v) is 5.41. The number of nitrogens with one attached hydrogen (secondary N) is 2. The molecule has 1 aliphatic heterocycles. The van der Waals surface area contributed by atoms with Crippen LogP contribution in [0.15, 0.2) is 34.1 Å². The first-order valence-electron chi connectivity index (χ1n) is 8.20. The van der Waals surface area contributed by atoms with E-state index in [2.05, 4.69) is 10.6 Å². The summed E-state index contributed by atoms with van der Waals surface area (Å²) in [6.07, 6.45) is 2.60. The minimum atomic E-state index is -0.538. The molecule has 2 heterocycles. The molecule has 8 heteroatoms. The van der Waals surface area contributed by atoms with Crippen LogP contribution in [0, 0.1) is 0 Å². The van der Waals surface area contributed by atoms with Crippen molar-refractivity contribution in [1.82, 2.24) is 10.6 Å². The van der Waals surface area contributed by atoms with E-state index in [1.165, 1.54) is 6.26 Å². The number of rotatable bonds is 8. The monoisotopic (exact) mass is 350 g/mol. The highest BCUT2D eigenvalue weighted by Gasteiger charge is 2.31. The molecule has 136 valence electrons. The third-order valence-corrected chi connectivity index (χ3v) is 3.68. The number of carbonyl (C=O) groups excluding carboxylic acids is 3. The molecule has 0 spiro atoms. The summed E-state index contributed by atoms with van der Waals surface area (Å²) < 4.78 is 15.4. The molecule has 1 atom stereocenters. The molecule has 2 rings (SSSR count). The second-order valence-electron chi connectivity index (χ2n) is 5.41. The standard InChI is InChI=1S/C17H22N2O6/c1-3-12-15(16(21)23-4-2)13(19-17(22)18-12)10-25-14(20)8-7-11-6-5-9-24-11/h5-6,9,12H,3-4,7-8,10H2,1-2H3,(H2,18,19,22)/t12-/m0/s1. The lowest BCUT2D eigenvalue weighted by atomic mass is 10.0. The summed E-state index contributed by atoms with van der Waals surface area (Å²) in [6.45, 7) is 3.54. The molecule has 0 aliphatic carbocycles. The van der Waals surface area contributed by atoms with Crippen LogP contribution in [-0.2, 0) is 25.5 Å². The van der Waals surface area contributed by atoms with Crippen molar-refractivity contribution in [2.45, 2.75) is 39.2 Å². The highest BCUT2D eigenvalue weighted by molar-refractivity contribution is 5.94. The number of ether oxygens (including phenoxy) is 2. The van der Waals surface area contributed by atoms with Gasteiger partial charge in [0, 0.05) is 6.42 Å². The maximum Gasteiger partial charge on any atom is 0.338 e. The zero-order valence-corrected chi connectivity index (χ0v) is 14.3. The lowest BCUT2D eigenvalue weighted by molar-refractivity contribution is -0.143. The van der Waals surface area contributed by atoms with E-state index in [-0.39, 0.29) is 30.9 Å². The molecule has 2 N–H and O–H groups in total. The maximum atomic E-state index is 12.2. The van der Waals surface area contributed by atoms with E-state index in [0.29, 0.717) is 18.6 Å². The predicted molar refractivity (Wildman–Crippen MR) is 87.4 cm³/mol. The van der Waals surface area contributed by atoms with E-state index in [4.69, 9.17) is 13.9 Å². The molecular formula is C17H22N2O6. The molecule has 0 fully saturated rings. The van der Waals surface area contributed by atoms with Crippen LogP contribution in [-0.4, -0.2) is 37.2 Å². The highest BCUT2D eigenvalue weighted by atomic mass is 16.5. The molecule has 1 aromatic heterocycles. The molecule has 1 aromatic rings. The number of carbonyl (C=O) groups is 3. The van der Waals surface area contributed by atoms with Gasteiger partial charge in [0.1, 0.15) is 12.4 Å². The summed E-state index contributed by atoms with van der Waals surface area (Å²) in [5.74, 6) is -0.305. The van der Waals surface area contributed by atoms with Crippen LogP contribution in [0.3, 0.4) is 0 Å². The van der Waals surface area contributed by atoms with Crippen molar-refractivity contribution in [1.29, 1.82) is 0 Å². The summed E-state index contributed by atoms with van der Waals surface area (Å²) >= 11 is 0. The number of amides is 2. The average Bonchev–Trinajstić information content (AvgIpc) is 3.11. The Labute approximate surface area is 145 Å². The van der Waals surface area contributed by atoms with Crippen LogP contribution < -0.4 is 10.6 Å². The van der Waals surface area contributed by atoms with Gasteiger partial charge in [-0.25, -0.2) is 9.59 Å². The van der Waals surface area contributed by atoms with Crippen molar-refractivity contribution < 1.29 is 28.3 Å². The number of hydrogen-bond acceptors (Lipinski definition) is 6. The fraction of sp³-hybridized carbons (Fsp3) is 0.471. The van der Waals surface area contributed by atoms with Crippen molar-refractivity contribution >= 4 is 18.0 Å². The summed E-state index contributed by atoms with van der Waals surface area (Å²) in [6, 6.07) is 2.59. The van der Waals surface area contributed by atoms with Crippen LogP contribution in [0.1, 0.15) is 32.4 Å². The number of aryl methyl sites for hydroxylation is 1. The SMILES string of the molecule is CCOC(=O)C1=C(COC(=O)CCc2ccco2)NC(=O)N[C@H]1CC. The fourth-order valence-electron chi connectivity index (χ4n) is 2.48. The van der Waals surface area contributed by atoms with Gasteiger partial charge in [-0.15, -0.1) is 0 Å². The molecule has 0 bridgehead atoms. The largest absolute Gasteiger partial charge is 0.469 e. The highest BCUT2D eigenvalue weighted by Crippen LogP contribution is 2.17. The van der Waals surface area contributed by atoms with Crippen LogP contribution in [0.25, 0.3) is 0 Å². The Morgan fingerprint density at radius 2 is 2.08 bits per heavy atom. The van der Waals surface area contributed by atoms with Gasteiger partial charge in [-0.2, -0.15) is 0 Å².